The number of alkyl halides is 9. The van der Waals surface area contributed by atoms with E-state index in [0.717, 1.165) is 4.72 Å². The van der Waals surface area contributed by atoms with Crippen molar-refractivity contribution in [2.75, 3.05) is 39.6 Å². The van der Waals surface area contributed by atoms with Crippen LogP contribution in [0.25, 0.3) is 0 Å². The van der Waals surface area contributed by atoms with Gasteiger partial charge in [-0.25, -0.2) is 13.1 Å². The summed E-state index contributed by atoms with van der Waals surface area (Å²) >= 11 is 0. The van der Waals surface area contributed by atoms with Crippen molar-refractivity contribution in [3.8, 4) is 0 Å². The molecule has 0 aliphatic carbocycles. The Morgan fingerprint density at radius 1 is 0.769 bits per heavy atom. The molecule has 0 aliphatic heterocycles. The van der Waals surface area contributed by atoms with Crippen LogP contribution in [-0.4, -0.2) is 76.4 Å². The van der Waals surface area contributed by atoms with Gasteiger partial charge >= 0.3 is 23.3 Å². The first-order valence-electron chi connectivity index (χ1n) is 6.52. The van der Waals surface area contributed by atoms with Gasteiger partial charge in [-0.1, -0.05) is 0 Å². The zero-order valence-electron chi connectivity index (χ0n) is 12.6. The van der Waals surface area contributed by atoms with Crippen LogP contribution in [0.3, 0.4) is 0 Å². The van der Waals surface area contributed by atoms with Crippen LogP contribution in [0.2, 0.25) is 0 Å². The van der Waals surface area contributed by atoms with E-state index in [1.165, 1.54) is 0 Å². The number of hydrogen-bond donors (Lipinski definition) is 2. The van der Waals surface area contributed by atoms with E-state index in [2.05, 4.69) is 9.47 Å². The maximum absolute atomic E-state index is 13.3. The molecule has 0 saturated carbocycles. The number of nitrogens with one attached hydrogen (secondary N) is 1. The number of aliphatic hydroxyl groups excluding tert-OH is 1. The third kappa shape index (κ3) is 5.34. The van der Waals surface area contributed by atoms with Gasteiger partial charge in [0.2, 0.25) is 0 Å². The zero-order valence-corrected chi connectivity index (χ0v) is 13.4. The molecular formula is C10H14F9NO5S. The van der Waals surface area contributed by atoms with E-state index in [9.17, 15) is 47.9 Å². The van der Waals surface area contributed by atoms with E-state index in [0.29, 0.717) is 0 Å². The van der Waals surface area contributed by atoms with Gasteiger partial charge in [0.1, 0.15) is 0 Å². The molecule has 0 rings (SSSR count). The minimum absolute atomic E-state index is 0.0648. The van der Waals surface area contributed by atoms with Crippen molar-refractivity contribution in [2.45, 2.75) is 23.3 Å². The molecule has 0 aromatic carbocycles. The van der Waals surface area contributed by atoms with E-state index in [1.807, 2.05) is 0 Å². The Morgan fingerprint density at radius 2 is 1.23 bits per heavy atom. The van der Waals surface area contributed by atoms with E-state index >= 15 is 0 Å². The molecule has 0 radical (unpaired) electrons. The van der Waals surface area contributed by atoms with Crippen LogP contribution in [-0.2, 0) is 19.5 Å². The Morgan fingerprint density at radius 3 is 1.65 bits per heavy atom. The lowest BCUT2D eigenvalue weighted by molar-refractivity contribution is -0.382. The topological polar surface area (TPSA) is 84.9 Å². The fourth-order valence-corrected chi connectivity index (χ4v) is 2.25. The van der Waals surface area contributed by atoms with Crippen molar-refractivity contribution in [3.05, 3.63) is 0 Å². The molecule has 2 N–H and O–H groups in total. The fraction of sp³-hybridized carbons (Fsp3) is 1.00. The van der Waals surface area contributed by atoms with Gasteiger partial charge in [0.05, 0.1) is 33.0 Å². The van der Waals surface area contributed by atoms with Gasteiger partial charge in [-0.05, 0) is 0 Å². The predicted octanol–water partition coefficient (Wildman–Crippen LogP) is 1.36. The first kappa shape index (κ1) is 25.2. The standard InChI is InChI=1S/C10H14F9NO5S/c11-7(12,9(15,16)17)8(13,14)10(18,19)26(22,23)20-1-3-24-5-6-25-4-2-21/h20-21H,1-6H2. The number of rotatable bonds is 12. The molecule has 158 valence electrons. The highest BCUT2D eigenvalue weighted by Gasteiger charge is 2.85. The summed E-state index contributed by atoms with van der Waals surface area (Å²) in [5.74, 6) is -14.6. The molecule has 0 aliphatic rings. The monoisotopic (exact) mass is 431 g/mol. The SMILES string of the molecule is O=S(=O)(NCCOCCOCCO)C(F)(F)C(F)(F)C(F)(F)C(F)(F)F. The molecule has 0 spiro atoms. The first-order chi connectivity index (χ1) is 11.6. The number of sulfonamides is 1. The molecule has 0 fully saturated rings. The van der Waals surface area contributed by atoms with Crippen molar-refractivity contribution >= 4 is 10.0 Å². The summed E-state index contributed by atoms with van der Waals surface area (Å²) in [7, 11) is -6.62. The molecule has 0 unspecified atom stereocenters. The van der Waals surface area contributed by atoms with Crippen molar-refractivity contribution in [1.29, 1.82) is 0 Å². The van der Waals surface area contributed by atoms with Crippen molar-refractivity contribution in [3.63, 3.8) is 0 Å². The first-order valence-corrected chi connectivity index (χ1v) is 8.00. The van der Waals surface area contributed by atoms with Crippen LogP contribution in [0.4, 0.5) is 39.5 Å². The molecule has 0 heterocycles. The highest BCUT2D eigenvalue weighted by atomic mass is 32.2. The molecule has 0 aromatic heterocycles. The molecule has 6 nitrogen and oxygen atoms in total. The van der Waals surface area contributed by atoms with Gasteiger partial charge in [-0.15, -0.1) is 0 Å². The number of halogens is 9. The Bertz CT molecular complexity index is 537. The van der Waals surface area contributed by atoms with Crippen LogP contribution in [0.15, 0.2) is 0 Å². The quantitative estimate of drug-likeness (QED) is 0.360. The molecular weight excluding hydrogens is 417 g/mol. The summed E-state index contributed by atoms with van der Waals surface area (Å²) in [6.45, 7) is -2.55. The van der Waals surface area contributed by atoms with Crippen LogP contribution in [0, 0.1) is 0 Å². The summed E-state index contributed by atoms with van der Waals surface area (Å²) in [4.78, 5) is 0. The molecule has 0 saturated heterocycles. The Balaban J connectivity index is 4.90. The predicted molar refractivity (Wildman–Crippen MR) is 66.5 cm³/mol. The van der Waals surface area contributed by atoms with Crippen LogP contribution in [0.5, 0.6) is 0 Å². The third-order valence-electron chi connectivity index (χ3n) is 2.60. The normalized spacial score (nSPS) is 14.7. The van der Waals surface area contributed by atoms with Gasteiger partial charge in [0.15, 0.2) is 0 Å². The third-order valence-corrected chi connectivity index (χ3v) is 4.12. The zero-order chi connectivity index (χ0) is 20.9. The lowest BCUT2D eigenvalue weighted by Crippen LogP contribution is -2.65. The molecule has 0 amide bonds. The molecule has 0 aromatic rings. The van der Waals surface area contributed by atoms with Crippen molar-refractivity contribution in [1.82, 2.24) is 4.72 Å². The summed E-state index contributed by atoms with van der Waals surface area (Å²) < 4.78 is 146. The smallest absolute Gasteiger partial charge is 0.394 e. The number of aliphatic hydroxyl groups is 1. The van der Waals surface area contributed by atoms with Gasteiger partial charge in [0.25, 0.3) is 10.0 Å². The van der Waals surface area contributed by atoms with Gasteiger partial charge in [-0.2, -0.15) is 39.5 Å². The van der Waals surface area contributed by atoms with Crippen LogP contribution >= 0.6 is 0 Å². The molecule has 26 heavy (non-hydrogen) atoms. The van der Waals surface area contributed by atoms with E-state index in [1.54, 1.807) is 0 Å². The molecule has 0 atom stereocenters. The lowest BCUT2D eigenvalue weighted by atomic mass is 10.1. The van der Waals surface area contributed by atoms with Gasteiger partial charge in [0, 0.05) is 6.54 Å². The summed E-state index contributed by atoms with van der Waals surface area (Å²) in [5.41, 5.74) is 0. The Kier molecular flexibility index (Phi) is 8.61. The largest absolute Gasteiger partial charge is 0.460 e. The second kappa shape index (κ2) is 8.90. The average molecular weight is 431 g/mol. The van der Waals surface area contributed by atoms with Crippen LogP contribution in [0.1, 0.15) is 0 Å². The molecule has 16 heteroatoms. The fourth-order valence-electron chi connectivity index (χ4n) is 1.25. The highest BCUT2D eigenvalue weighted by molar-refractivity contribution is 7.90. The second-order valence-electron chi connectivity index (χ2n) is 4.51. The maximum Gasteiger partial charge on any atom is 0.460 e. The minimum Gasteiger partial charge on any atom is -0.394 e. The minimum atomic E-state index is -7.31. The Hall–Kier alpha value is -0.840. The summed E-state index contributed by atoms with van der Waals surface area (Å²) in [6.07, 6.45) is -7.12. The van der Waals surface area contributed by atoms with E-state index < -0.39 is 46.5 Å². The van der Waals surface area contributed by atoms with Crippen LogP contribution < -0.4 is 4.72 Å². The summed E-state index contributed by atoms with van der Waals surface area (Å²) in [5, 5.41) is 1.57. The highest BCUT2D eigenvalue weighted by Crippen LogP contribution is 2.54. The Labute approximate surface area is 141 Å². The second-order valence-corrected chi connectivity index (χ2v) is 6.32. The number of ether oxygens (including phenoxy) is 2. The van der Waals surface area contributed by atoms with E-state index in [4.69, 9.17) is 5.11 Å². The average Bonchev–Trinajstić information content (AvgIpc) is 2.48. The molecule has 0 bridgehead atoms. The van der Waals surface area contributed by atoms with E-state index in [-0.39, 0.29) is 26.4 Å². The lowest BCUT2D eigenvalue weighted by Gasteiger charge is -2.33. The van der Waals surface area contributed by atoms with Gasteiger partial charge < -0.3 is 14.6 Å². The van der Waals surface area contributed by atoms with Gasteiger partial charge in [-0.3, -0.25) is 0 Å². The summed E-state index contributed by atoms with van der Waals surface area (Å²) in [6, 6.07) is 0. The number of hydrogen-bond acceptors (Lipinski definition) is 5. The maximum atomic E-state index is 13.3. The van der Waals surface area contributed by atoms with Crippen molar-refractivity contribution in [2.24, 2.45) is 0 Å². The van der Waals surface area contributed by atoms with Crippen molar-refractivity contribution < 1.29 is 62.5 Å².